The SMILES string of the molecule is N#Cc1cc(C(O)C(O)CCBr)c(O)c([N+](=O)[O-])c1. The first-order valence-electron chi connectivity index (χ1n) is 5.25. The molecular formula is C11H11BrN2O5. The molecule has 0 aliphatic carbocycles. The molecule has 0 fully saturated rings. The van der Waals surface area contributed by atoms with E-state index < -0.39 is 28.6 Å². The fourth-order valence-electron chi connectivity index (χ4n) is 1.55. The maximum absolute atomic E-state index is 10.7. The summed E-state index contributed by atoms with van der Waals surface area (Å²) in [6, 6.07) is 3.72. The van der Waals surface area contributed by atoms with E-state index in [1.54, 1.807) is 6.07 Å². The van der Waals surface area contributed by atoms with E-state index in [2.05, 4.69) is 15.9 Å². The molecule has 102 valence electrons. The van der Waals surface area contributed by atoms with E-state index in [0.29, 0.717) is 5.33 Å². The van der Waals surface area contributed by atoms with Crippen LogP contribution in [0, 0.1) is 21.4 Å². The number of alkyl halides is 1. The Balaban J connectivity index is 3.30. The van der Waals surface area contributed by atoms with Gasteiger partial charge in [0.25, 0.3) is 0 Å². The van der Waals surface area contributed by atoms with Crippen LogP contribution in [0.2, 0.25) is 0 Å². The zero-order valence-corrected chi connectivity index (χ0v) is 11.2. The van der Waals surface area contributed by atoms with Crippen molar-refractivity contribution in [1.82, 2.24) is 0 Å². The van der Waals surface area contributed by atoms with Crippen LogP contribution < -0.4 is 0 Å². The Kier molecular flexibility index (Phi) is 5.23. The number of aliphatic hydroxyl groups excluding tert-OH is 2. The minimum Gasteiger partial charge on any atom is -0.502 e. The Hall–Kier alpha value is -1.69. The van der Waals surface area contributed by atoms with Crippen molar-refractivity contribution >= 4 is 21.6 Å². The summed E-state index contributed by atoms with van der Waals surface area (Å²) in [5.41, 5.74) is -0.997. The number of nitriles is 1. The number of rotatable bonds is 5. The van der Waals surface area contributed by atoms with Crippen LogP contribution in [0.4, 0.5) is 5.69 Å². The molecule has 2 atom stereocenters. The van der Waals surface area contributed by atoms with Gasteiger partial charge < -0.3 is 15.3 Å². The third-order valence-corrected chi connectivity index (χ3v) is 2.99. The summed E-state index contributed by atoms with van der Waals surface area (Å²) in [5.74, 6) is -0.745. The smallest absolute Gasteiger partial charge is 0.312 e. The van der Waals surface area contributed by atoms with Crippen molar-refractivity contribution in [3.8, 4) is 11.8 Å². The fraction of sp³-hybridized carbons (Fsp3) is 0.364. The molecule has 0 amide bonds. The second kappa shape index (κ2) is 6.47. The quantitative estimate of drug-likeness (QED) is 0.424. The molecule has 0 saturated heterocycles. The Morgan fingerprint density at radius 2 is 2.11 bits per heavy atom. The van der Waals surface area contributed by atoms with Gasteiger partial charge in [-0.3, -0.25) is 10.1 Å². The topological polar surface area (TPSA) is 128 Å². The third-order valence-electron chi connectivity index (χ3n) is 2.53. The fourth-order valence-corrected chi connectivity index (χ4v) is 2.02. The Labute approximate surface area is 117 Å². The second-order valence-electron chi connectivity index (χ2n) is 3.79. The number of hydrogen-bond donors (Lipinski definition) is 3. The number of phenolic OH excluding ortho intramolecular Hbond substituents is 1. The first kappa shape index (κ1) is 15.4. The van der Waals surface area contributed by atoms with Gasteiger partial charge in [-0.1, -0.05) is 15.9 Å². The molecule has 19 heavy (non-hydrogen) atoms. The molecule has 0 radical (unpaired) electrons. The number of nitro benzene ring substituents is 1. The molecule has 0 aliphatic heterocycles. The number of aliphatic hydroxyl groups is 2. The molecule has 0 heterocycles. The van der Waals surface area contributed by atoms with Gasteiger partial charge in [0.05, 0.1) is 22.7 Å². The van der Waals surface area contributed by atoms with E-state index in [1.165, 1.54) is 0 Å². The molecule has 7 nitrogen and oxygen atoms in total. The van der Waals surface area contributed by atoms with Gasteiger partial charge in [0.15, 0.2) is 5.75 Å². The Morgan fingerprint density at radius 1 is 1.47 bits per heavy atom. The van der Waals surface area contributed by atoms with Gasteiger partial charge in [0.2, 0.25) is 0 Å². The van der Waals surface area contributed by atoms with Crippen LogP contribution in [-0.2, 0) is 0 Å². The van der Waals surface area contributed by atoms with Crippen LogP contribution >= 0.6 is 15.9 Å². The van der Waals surface area contributed by atoms with Gasteiger partial charge in [-0.15, -0.1) is 0 Å². The molecule has 3 N–H and O–H groups in total. The van der Waals surface area contributed by atoms with Crippen LogP contribution in [0.1, 0.15) is 23.7 Å². The van der Waals surface area contributed by atoms with Gasteiger partial charge >= 0.3 is 5.69 Å². The van der Waals surface area contributed by atoms with Gasteiger partial charge in [-0.25, -0.2) is 0 Å². The van der Waals surface area contributed by atoms with Gasteiger partial charge in [0.1, 0.15) is 6.10 Å². The lowest BCUT2D eigenvalue weighted by atomic mass is 9.98. The van der Waals surface area contributed by atoms with E-state index in [9.17, 15) is 25.4 Å². The number of phenols is 1. The lowest BCUT2D eigenvalue weighted by Gasteiger charge is -2.18. The summed E-state index contributed by atoms with van der Waals surface area (Å²) < 4.78 is 0. The predicted molar refractivity (Wildman–Crippen MR) is 68.9 cm³/mol. The molecule has 1 aromatic carbocycles. The highest BCUT2D eigenvalue weighted by atomic mass is 79.9. The molecule has 0 aromatic heterocycles. The summed E-state index contributed by atoms with van der Waals surface area (Å²) >= 11 is 3.08. The number of nitrogens with zero attached hydrogens (tertiary/aromatic N) is 2. The lowest BCUT2D eigenvalue weighted by molar-refractivity contribution is -0.386. The Morgan fingerprint density at radius 3 is 2.58 bits per heavy atom. The maximum Gasteiger partial charge on any atom is 0.312 e. The average Bonchev–Trinajstić information content (AvgIpc) is 2.38. The summed E-state index contributed by atoms with van der Waals surface area (Å²) in [6.07, 6.45) is -2.53. The van der Waals surface area contributed by atoms with Crippen molar-refractivity contribution in [2.24, 2.45) is 0 Å². The maximum atomic E-state index is 10.7. The molecule has 0 aliphatic rings. The molecule has 1 rings (SSSR count). The number of benzene rings is 1. The molecule has 1 aromatic rings. The van der Waals surface area contributed by atoms with Crippen molar-refractivity contribution in [3.63, 3.8) is 0 Å². The average molecular weight is 331 g/mol. The van der Waals surface area contributed by atoms with Gasteiger partial charge in [0, 0.05) is 17.0 Å². The highest BCUT2D eigenvalue weighted by Gasteiger charge is 2.27. The molecule has 0 bridgehead atoms. The minimum atomic E-state index is -1.51. The van der Waals surface area contributed by atoms with Crippen LogP contribution in [0.15, 0.2) is 12.1 Å². The molecular weight excluding hydrogens is 320 g/mol. The minimum absolute atomic E-state index is 0.0791. The number of aromatic hydroxyl groups is 1. The summed E-state index contributed by atoms with van der Waals surface area (Å²) in [4.78, 5) is 9.89. The number of nitro groups is 1. The van der Waals surface area contributed by atoms with Crippen LogP contribution in [0.5, 0.6) is 5.75 Å². The number of halogens is 1. The number of hydrogen-bond acceptors (Lipinski definition) is 6. The molecule has 0 saturated carbocycles. The van der Waals surface area contributed by atoms with E-state index >= 15 is 0 Å². The predicted octanol–water partition coefficient (Wildman–Crippen LogP) is 1.35. The van der Waals surface area contributed by atoms with Gasteiger partial charge in [-0.05, 0) is 12.5 Å². The van der Waals surface area contributed by atoms with Crippen LogP contribution in [0.3, 0.4) is 0 Å². The normalized spacial score (nSPS) is 13.6. The highest BCUT2D eigenvalue weighted by molar-refractivity contribution is 9.09. The van der Waals surface area contributed by atoms with E-state index in [4.69, 9.17) is 5.26 Å². The summed E-state index contributed by atoms with van der Waals surface area (Å²) in [5, 5.41) is 49.2. The second-order valence-corrected chi connectivity index (χ2v) is 4.58. The third kappa shape index (κ3) is 3.41. The zero-order chi connectivity index (χ0) is 14.6. The highest BCUT2D eigenvalue weighted by Crippen LogP contribution is 2.36. The van der Waals surface area contributed by atoms with Gasteiger partial charge in [-0.2, -0.15) is 5.26 Å². The first-order valence-corrected chi connectivity index (χ1v) is 6.38. The van der Waals surface area contributed by atoms with Crippen molar-refractivity contribution in [1.29, 1.82) is 5.26 Å². The van der Waals surface area contributed by atoms with E-state index in [-0.39, 0.29) is 17.5 Å². The summed E-state index contributed by atoms with van der Waals surface area (Å²) in [6.45, 7) is 0. The van der Waals surface area contributed by atoms with E-state index in [1.807, 2.05) is 0 Å². The largest absolute Gasteiger partial charge is 0.502 e. The lowest BCUT2D eigenvalue weighted by Crippen LogP contribution is -2.19. The zero-order valence-electron chi connectivity index (χ0n) is 9.65. The Bertz CT molecular complexity index is 529. The van der Waals surface area contributed by atoms with Crippen LogP contribution in [-0.4, -0.2) is 31.7 Å². The standard InChI is InChI=1S/C11H11BrN2O5/c12-2-1-9(15)11(17)7-3-6(5-13)4-8(10(7)16)14(18)19/h3-4,9,11,15-17H,1-2H2. The van der Waals surface area contributed by atoms with Crippen molar-refractivity contribution in [2.75, 3.05) is 5.33 Å². The molecule has 8 heteroatoms. The molecule has 2 unspecified atom stereocenters. The van der Waals surface area contributed by atoms with Crippen molar-refractivity contribution < 1.29 is 20.2 Å². The monoisotopic (exact) mass is 330 g/mol. The first-order chi connectivity index (χ1) is 8.92. The van der Waals surface area contributed by atoms with E-state index in [0.717, 1.165) is 12.1 Å². The van der Waals surface area contributed by atoms with Crippen LogP contribution in [0.25, 0.3) is 0 Å². The van der Waals surface area contributed by atoms with Crippen molar-refractivity contribution in [3.05, 3.63) is 33.4 Å². The summed E-state index contributed by atoms with van der Waals surface area (Å²) in [7, 11) is 0. The molecule has 0 spiro atoms. The van der Waals surface area contributed by atoms with Crippen molar-refractivity contribution in [2.45, 2.75) is 18.6 Å².